The van der Waals surface area contributed by atoms with Crippen LogP contribution in [0.3, 0.4) is 0 Å². The predicted octanol–water partition coefficient (Wildman–Crippen LogP) is 2.37. The van der Waals surface area contributed by atoms with Crippen LogP contribution in [0.25, 0.3) is 0 Å². The van der Waals surface area contributed by atoms with Crippen molar-refractivity contribution in [2.45, 2.75) is 50.7 Å². The molecule has 0 radical (unpaired) electrons. The van der Waals surface area contributed by atoms with Crippen molar-refractivity contribution in [3.8, 4) is 0 Å². The number of aryl methyl sites for hydroxylation is 2. The maximum Gasteiger partial charge on any atom is 0.103 e. The quantitative estimate of drug-likeness (QED) is 0.886. The lowest BCUT2D eigenvalue weighted by Gasteiger charge is -2.25. The molecule has 0 spiro atoms. The second-order valence-corrected chi connectivity index (χ2v) is 6.36. The fourth-order valence-electron chi connectivity index (χ4n) is 3.22. The van der Waals surface area contributed by atoms with Crippen LogP contribution in [-0.4, -0.2) is 30.5 Å². The van der Waals surface area contributed by atoms with Gasteiger partial charge in [-0.1, -0.05) is 18.2 Å². The van der Waals surface area contributed by atoms with Crippen molar-refractivity contribution in [1.29, 1.82) is 0 Å². The van der Waals surface area contributed by atoms with Crippen molar-refractivity contribution >= 4 is 0 Å². The monoisotopic (exact) mass is 275 g/mol. The maximum atomic E-state index is 10.3. The van der Waals surface area contributed by atoms with Gasteiger partial charge in [-0.25, -0.2) is 0 Å². The van der Waals surface area contributed by atoms with E-state index in [2.05, 4.69) is 30.4 Å². The number of rotatable bonds is 4. The highest BCUT2D eigenvalue weighted by molar-refractivity contribution is 5.35. The molecule has 110 valence electrons. The van der Waals surface area contributed by atoms with Crippen molar-refractivity contribution in [3.05, 3.63) is 34.9 Å². The molecule has 1 aliphatic carbocycles. The summed E-state index contributed by atoms with van der Waals surface area (Å²) in [5.41, 5.74) is 3.69. The molecule has 1 fully saturated rings. The number of benzene rings is 1. The van der Waals surface area contributed by atoms with Gasteiger partial charge < -0.3 is 15.2 Å². The average molecular weight is 275 g/mol. The fraction of sp³-hybridized carbons (Fsp3) is 0.647. The van der Waals surface area contributed by atoms with E-state index in [0.717, 1.165) is 6.42 Å². The molecule has 2 unspecified atom stereocenters. The smallest absolute Gasteiger partial charge is 0.103 e. The minimum atomic E-state index is -0.678. The van der Waals surface area contributed by atoms with Crippen LogP contribution >= 0.6 is 0 Å². The van der Waals surface area contributed by atoms with E-state index in [-0.39, 0.29) is 6.04 Å². The highest BCUT2D eigenvalue weighted by Crippen LogP contribution is 2.25. The van der Waals surface area contributed by atoms with E-state index in [1.54, 1.807) is 0 Å². The highest BCUT2D eigenvalue weighted by Gasteiger charge is 2.32. The van der Waals surface area contributed by atoms with Crippen molar-refractivity contribution < 1.29 is 9.84 Å². The van der Waals surface area contributed by atoms with Gasteiger partial charge in [-0.2, -0.15) is 0 Å². The first-order valence-electron chi connectivity index (χ1n) is 7.82. The number of hydrogen-bond acceptors (Lipinski definition) is 3. The van der Waals surface area contributed by atoms with Crippen molar-refractivity contribution in [1.82, 2.24) is 5.32 Å². The zero-order valence-corrected chi connectivity index (χ0v) is 12.3. The number of fused-ring (bicyclic) bond motifs is 1. The Hall–Kier alpha value is -0.900. The van der Waals surface area contributed by atoms with Crippen molar-refractivity contribution in [2.24, 2.45) is 0 Å². The number of ether oxygens (including phenoxy) is 1. The summed E-state index contributed by atoms with van der Waals surface area (Å²) in [5.74, 6) is 0. The molecule has 0 amide bonds. The van der Waals surface area contributed by atoms with Gasteiger partial charge in [0.1, 0.15) is 5.60 Å². The zero-order valence-electron chi connectivity index (χ0n) is 12.3. The molecule has 0 bridgehead atoms. The standard InChI is InChI=1S/C17H25NO2/c1-13(18-11-17(19)8-9-20-12-17)15-7-6-14-4-2-3-5-16(14)10-15/h6-7,10,13,18-19H,2-5,8-9,11-12H2,1H3. The van der Waals surface area contributed by atoms with Crippen LogP contribution in [0.4, 0.5) is 0 Å². The minimum Gasteiger partial charge on any atom is -0.386 e. The fourth-order valence-corrected chi connectivity index (χ4v) is 3.22. The number of hydrogen-bond donors (Lipinski definition) is 2. The molecule has 1 saturated heterocycles. The summed E-state index contributed by atoms with van der Waals surface area (Å²) in [6.45, 7) is 3.90. The SMILES string of the molecule is CC(NCC1(O)CCOC1)c1ccc2c(c1)CCCC2. The topological polar surface area (TPSA) is 41.5 Å². The summed E-state index contributed by atoms with van der Waals surface area (Å²) in [6.07, 6.45) is 5.82. The molecule has 1 aliphatic heterocycles. The van der Waals surface area contributed by atoms with Gasteiger partial charge in [0.05, 0.1) is 6.61 Å². The zero-order chi connectivity index (χ0) is 14.0. The van der Waals surface area contributed by atoms with E-state index in [1.807, 2.05) is 0 Å². The molecule has 3 nitrogen and oxygen atoms in total. The van der Waals surface area contributed by atoms with Gasteiger partial charge in [0, 0.05) is 25.6 Å². The molecular weight excluding hydrogens is 250 g/mol. The summed E-state index contributed by atoms with van der Waals surface area (Å²) in [7, 11) is 0. The lowest BCUT2D eigenvalue weighted by atomic mass is 9.89. The molecule has 2 atom stereocenters. The third-order valence-corrected chi connectivity index (χ3v) is 4.69. The van der Waals surface area contributed by atoms with Crippen LogP contribution in [0.5, 0.6) is 0 Å². The predicted molar refractivity (Wildman–Crippen MR) is 79.9 cm³/mol. The summed E-state index contributed by atoms with van der Waals surface area (Å²) in [5, 5.41) is 13.7. The van der Waals surface area contributed by atoms with E-state index in [4.69, 9.17) is 4.74 Å². The summed E-state index contributed by atoms with van der Waals surface area (Å²) >= 11 is 0. The molecule has 1 aromatic rings. The molecule has 3 rings (SSSR count). The normalized spacial score (nSPS) is 27.3. The Labute approximate surface area is 121 Å². The third kappa shape index (κ3) is 3.05. The van der Waals surface area contributed by atoms with Gasteiger partial charge in [-0.05, 0) is 49.3 Å². The highest BCUT2D eigenvalue weighted by atomic mass is 16.5. The van der Waals surface area contributed by atoms with Gasteiger partial charge in [-0.3, -0.25) is 0 Å². The molecule has 0 aromatic heterocycles. The Morgan fingerprint density at radius 2 is 2.10 bits per heavy atom. The Morgan fingerprint density at radius 1 is 1.30 bits per heavy atom. The van der Waals surface area contributed by atoms with Crippen LogP contribution < -0.4 is 5.32 Å². The Morgan fingerprint density at radius 3 is 2.85 bits per heavy atom. The third-order valence-electron chi connectivity index (χ3n) is 4.69. The Kier molecular flexibility index (Phi) is 4.11. The lowest BCUT2D eigenvalue weighted by molar-refractivity contribution is 0.0252. The number of aliphatic hydroxyl groups is 1. The number of nitrogens with one attached hydrogen (secondary N) is 1. The molecule has 2 aliphatic rings. The Balaban J connectivity index is 1.63. The van der Waals surface area contributed by atoms with Crippen LogP contribution in [0, 0.1) is 0 Å². The van der Waals surface area contributed by atoms with E-state index < -0.39 is 5.60 Å². The van der Waals surface area contributed by atoms with E-state index in [9.17, 15) is 5.11 Å². The van der Waals surface area contributed by atoms with Crippen LogP contribution in [0.2, 0.25) is 0 Å². The van der Waals surface area contributed by atoms with E-state index in [1.165, 1.54) is 42.4 Å². The Bertz CT molecular complexity index is 466. The van der Waals surface area contributed by atoms with Crippen molar-refractivity contribution in [2.75, 3.05) is 19.8 Å². The maximum absolute atomic E-state index is 10.3. The first kappa shape index (κ1) is 14.1. The molecule has 3 heteroatoms. The molecule has 1 aromatic carbocycles. The summed E-state index contributed by atoms with van der Waals surface area (Å²) < 4.78 is 5.28. The van der Waals surface area contributed by atoms with Crippen LogP contribution in [0.15, 0.2) is 18.2 Å². The molecule has 20 heavy (non-hydrogen) atoms. The molecule has 1 heterocycles. The van der Waals surface area contributed by atoms with Gasteiger partial charge in [0.15, 0.2) is 0 Å². The van der Waals surface area contributed by atoms with E-state index >= 15 is 0 Å². The largest absolute Gasteiger partial charge is 0.386 e. The van der Waals surface area contributed by atoms with Gasteiger partial charge >= 0.3 is 0 Å². The van der Waals surface area contributed by atoms with Gasteiger partial charge in [0.2, 0.25) is 0 Å². The lowest BCUT2D eigenvalue weighted by Crippen LogP contribution is -2.41. The first-order valence-corrected chi connectivity index (χ1v) is 7.82. The second-order valence-electron chi connectivity index (χ2n) is 6.36. The molecule has 0 saturated carbocycles. The summed E-state index contributed by atoms with van der Waals surface area (Å²) in [4.78, 5) is 0. The van der Waals surface area contributed by atoms with Crippen LogP contribution in [-0.2, 0) is 17.6 Å². The second kappa shape index (κ2) is 5.84. The van der Waals surface area contributed by atoms with Crippen LogP contribution in [0.1, 0.15) is 48.9 Å². The molecule has 2 N–H and O–H groups in total. The molecular formula is C17H25NO2. The minimum absolute atomic E-state index is 0.270. The van der Waals surface area contributed by atoms with Gasteiger partial charge in [-0.15, -0.1) is 0 Å². The van der Waals surface area contributed by atoms with Crippen molar-refractivity contribution in [3.63, 3.8) is 0 Å². The van der Waals surface area contributed by atoms with Gasteiger partial charge in [0.25, 0.3) is 0 Å². The summed E-state index contributed by atoms with van der Waals surface area (Å²) in [6, 6.07) is 7.14. The van der Waals surface area contributed by atoms with E-state index in [0.29, 0.717) is 19.8 Å². The first-order chi connectivity index (χ1) is 9.66. The average Bonchev–Trinajstić information content (AvgIpc) is 2.91.